The predicted molar refractivity (Wildman–Crippen MR) is 119 cm³/mol. The number of aromatic hydroxyl groups is 1. The molecular formula is C26H20O6. The summed E-state index contributed by atoms with van der Waals surface area (Å²) < 4.78 is 10.6. The third-order valence-electron chi connectivity index (χ3n) is 4.17. The summed E-state index contributed by atoms with van der Waals surface area (Å²) in [6, 6.07) is 30.7. The van der Waals surface area contributed by atoms with Crippen molar-refractivity contribution < 1.29 is 29.3 Å². The number of carbonyl (C=O) groups is 2. The van der Waals surface area contributed by atoms with Crippen molar-refractivity contribution in [2.24, 2.45) is 0 Å². The number of rotatable bonds is 5. The standard InChI is InChI=1S/2C13H10O3/c14-13(15)11-8-4-5-9-12(11)16-10-6-2-1-3-7-10;14-12-9-5-4-8-11(12)13(15)16-10-6-2-1-3-7-10/h1-9H,(H,14,15);1-9,14H. The van der Waals surface area contributed by atoms with E-state index in [4.69, 9.17) is 14.6 Å². The maximum Gasteiger partial charge on any atom is 0.347 e. The van der Waals surface area contributed by atoms with Crippen molar-refractivity contribution in [2.75, 3.05) is 0 Å². The van der Waals surface area contributed by atoms with Crippen molar-refractivity contribution in [2.45, 2.75) is 0 Å². The Morgan fingerprint density at radius 3 is 1.69 bits per heavy atom. The van der Waals surface area contributed by atoms with Gasteiger partial charge in [0.25, 0.3) is 0 Å². The van der Waals surface area contributed by atoms with Gasteiger partial charge in [-0.1, -0.05) is 60.7 Å². The molecule has 0 spiro atoms. The molecule has 32 heavy (non-hydrogen) atoms. The number of esters is 1. The first-order valence-corrected chi connectivity index (χ1v) is 9.65. The van der Waals surface area contributed by atoms with E-state index < -0.39 is 11.9 Å². The highest BCUT2D eigenvalue weighted by molar-refractivity contribution is 5.93. The molecule has 0 saturated heterocycles. The first kappa shape index (κ1) is 22.1. The van der Waals surface area contributed by atoms with Gasteiger partial charge >= 0.3 is 11.9 Å². The van der Waals surface area contributed by atoms with Crippen molar-refractivity contribution in [3.63, 3.8) is 0 Å². The van der Waals surface area contributed by atoms with E-state index in [1.807, 2.05) is 24.3 Å². The second-order valence-corrected chi connectivity index (χ2v) is 6.44. The van der Waals surface area contributed by atoms with E-state index in [1.165, 1.54) is 18.2 Å². The Balaban J connectivity index is 0.000000181. The van der Waals surface area contributed by atoms with Gasteiger partial charge in [0.05, 0.1) is 0 Å². The van der Waals surface area contributed by atoms with Gasteiger partial charge in [0.1, 0.15) is 34.1 Å². The minimum Gasteiger partial charge on any atom is -0.507 e. The van der Waals surface area contributed by atoms with Gasteiger partial charge in [0, 0.05) is 0 Å². The molecule has 0 aliphatic heterocycles. The Morgan fingerprint density at radius 2 is 1.09 bits per heavy atom. The van der Waals surface area contributed by atoms with Gasteiger partial charge in [-0.05, 0) is 48.5 Å². The predicted octanol–water partition coefficient (Wildman–Crippen LogP) is 5.79. The number of hydrogen-bond donors (Lipinski definition) is 2. The van der Waals surface area contributed by atoms with E-state index in [0.717, 1.165) is 0 Å². The fraction of sp³-hybridized carbons (Fsp3) is 0. The minimum atomic E-state index is -0.994. The third-order valence-corrected chi connectivity index (χ3v) is 4.17. The van der Waals surface area contributed by atoms with Gasteiger partial charge < -0.3 is 19.7 Å². The van der Waals surface area contributed by atoms with Crippen LogP contribution in [0, 0.1) is 0 Å². The number of ether oxygens (including phenoxy) is 2. The summed E-state index contributed by atoms with van der Waals surface area (Å²) in [4.78, 5) is 22.6. The average Bonchev–Trinajstić information content (AvgIpc) is 2.81. The number of phenols is 1. The number of carbonyl (C=O) groups excluding carboxylic acids is 1. The quantitative estimate of drug-likeness (QED) is 0.309. The van der Waals surface area contributed by atoms with Gasteiger partial charge in [-0.2, -0.15) is 0 Å². The largest absolute Gasteiger partial charge is 0.507 e. The second kappa shape index (κ2) is 11.0. The van der Waals surface area contributed by atoms with Crippen molar-refractivity contribution in [3.8, 4) is 23.0 Å². The Morgan fingerprint density at radius 1 is 0.594 bits per heavy atom. The van der Waals surface area contributed by atoms with Gasteiger partial charge in [-0.3, -0.25) is 0 Å². The Bertz CT molecular complexity index is 1170. The molecule has 0 radical (unpaired) electrons. The lowest BCUT2D eigenvalue weighted by Gasteiger charge is -2.07. The molecule has 4 aromatic rings. The van der Waals surface area contributed by atoms with Crippen molar-refractivity contribution in [3.05, 3.63) is 120 Å². The minimum absolute atomic E-state index is 0.0802. The smallest absolute Gasteiger partial charge is 0.347 e. The molecule has 0 aliphatic carbocycles. The lowest BCUT2D eigenvalue weighted by atomic mass is 10.2. The van der Waals surface area contributed by atoms with Crippen molar-refractivity contribution >= 4 is 11.9 Å². The van der Waals surface area contributed by atoms with Crippen LogP contribution in [0.15, 0.2) is 109 Å². The molecule has 160 valence electrons. The van der Waals surface area contributed by atoms with Gasteiger partial charge in [-0.15, -0.1) is 0 Å². The maximum atomic E-state index is 11.7. The van der Waals surface area contributed by atoms with Crippen LogP contribution >= 0.6 is 0 Å². The van der Waals surface area contributed by atoms with E-state index in [0.29, 0.717) is 17.2 Å². The molecule has 6 nitrogen and oxygen atoms in total. The molecule has 0 unspecified atom stereocenters. The van der Waals surface area contributed by atoms with E-state index in [2.05, 4.69) is 0 Å². The molecule has 2 N–H and O–H groups in total. The SMILES string of the molecule is O=C(O)c1ccccc1Oc1ccccc1.O=C(Oc1ccccc1)c1ccccc1O. The molecule has 4 aromatic carbocycles. The van der Waals surface area contributed by atoms with Crippen LogP contribution in [0.25, 0.3) is 0 Å². The highest BCUT2D eigenvalue weighted by Crippen LogP contribution is 2.24. The van der Waals surface area contributed by atoms with Gasteiger partial charge in [0.2, 0.25) is 0 Å². The van der Waals surface area contributed by atoms with Crippen LogP contribution in [-0.2, 0) is 0 Å². The molecular weight excluding hydrogens is 408 g/mol. The van der Waals surface area contributed by atoms with Crippen LogP contribution < -0.4 is 9.47 Å². The number of hydrogen-bond acceptors (Lipinski definition) is 5. The first-order valence-electron chi connectivity index (χ1n) is 9.65. The number of benzene rings is 4. The van der Waals surface area contributed by atoms with Gasteiger partial charge in [-0.25, -0.2) is 9.59 Å². The third kappa shape index (κ3) is 6.21. The number of carboxylic acid groups (broad SMARTS) is 1. The van der Waals surface area contributed by atoms with Crippen LogP contribution in [0.5, 0.6) is 23.0 Å². The Hall–Kier alpha value is -4.58. The van der Waals surface area contributed by atoms with E-state index in [1.54, 1.807) is 66.7 Å². The number of para-hydroxylation sites is 4. The molecule has 0 fully saturated rings. The molecule has 0 heterocycles. The average molecular weight is 428 g/mol. The van der Waals surface area contributed by atoms with E-state index in [9.17, 15) is 14.7 Å². The van der Waals surface area contributed by atoms with Crippen LogP contribution in [0.1, 0.15) is 20.7 Å². The summed E-state index contributed by atoms with van der Waals surface area (Å²) in [5.41, 5.74) is 0.317. The van der Waals surface area contributed by atoms with E-state index in [-0.39, 0.29) is 16.9 Å². The lowest BCUT2D eigenvalue weighted by Crippen LogP contribution is -2.08. The summed E-state index contributed by atoms with van der Waals surface area (Å²) in [6.07, 6.45) is 0. The maximum absolute atomic E-state index is 11.7. The summed E-state index contributed by atoms with van der Waals surface area (Å²) in [7, 11) is 0. The number of aromatic carboxylic acids is 1. The van der Waals surface area contributed by atoms with Crippen LogP contribution in [-0.4, -0.2) is 22.2 Å². The normalized spacial score (nSPS) is 9.75. The monoisotopic (exact) mass is 428 g/mol. The van der Waals surface area contributed by atoms with Crippen molar-refractivity contribution in [1.82, 2.24) is 0 Å². The molecule has 0 aromatic heterocycles. The molecule has 0 atom stereocenters. The molecule has 0 saturated carbocycles. The molecule has 0 amide bonds. The van der Waals surface area contributed by atoms with Crippen LogP contribution in [0.4, 0.5) is 0 Å². The van der Waals surface area contributed by atoms with Crippen molar-refractivity contribution in [1.29, 1.82) is 0 Å². The summed E-state index contributed by atoms with van der Waals surface area (Å²) in [5.74, 6) is -0.215. The summed E-state index contributed by atoms with van der Waals surface area (Å²) >= 11 is 0. The zero-order valence-corrected chi connectivity index (χ0v) is 16.9. The molecule has 6 heteroatoms. The molecule has 4 rings (SSSR count). The zero-order chi connectivity index (χ0) is 22.8. The molecule has 0 bridgehead atoms. The summed E-state index contributed by atoms with van der Waals surface area (Å²) in [6.45, 7) is 0. The highest BCUT2D eigenvalue weighted by Gasteiger charge is 2.12. The number of carboxylic acids is 1. The van der Waals surface area contributed by atoms with E-state index >= 15 is 0 Å². The molecule has 0 aliphatic rings. The highest BCUT2D eigenvalue weighted by atomic mass is 16.5. The number of phenolic OH excluding ortho intramolecular Hbond substituents is 1. The summed E-state index contributed by atoms with van der Waals surface area (Å²) in [5, 5.41) is 18.4. The Labute approximate surface area is 184 Å². The topological polar surface area (TPSA) is 93.1 Å². The zero-order valence-electron chi connectivity index (χ0n) is 16.9. The lowest BCUT2D eigenvalue weighted by molar-refractivity contribution is 0.0691. The fourth-order valence-corrected chi connectivity index (χ4v) is 2.64. The van der Waals surface area contributed by atoms with Crippen LogP contribution in [0.2, 0.25) is 0 Å². The van der Waals surface area contributed by atoms with Gasteiger partial charge in [0.15, 0.2) is 0 Å². The van der Waals surface area contributed by atoms with Crippen LogP contribution in [0.3, 0.4) is 0 Å². The first-order chi connectivity index (χ1) is 15.5. The Kier molecular flexibility index (Phi) is 7.59. The second-order valence-electron chi connectivity index (χ2n) is 6.44. The fourth-order valence-electron chi connectivity index (χ4n) is 2.64.